The molecule has 1 nitrogen and oxygen atoms in total. The lowest BCUT2D eigenvalue weighted by Gasteiger charge is -2.09. The molecule has 0 N–H and O–H groups in total. The zero-order valence-electron chi connectivity index (χ0n) is 8.67. The van der Waals surface area contributed by atoms with Crippen LogP contribution in [-0.4, -0.2) is 4.98 Å². The van der Waals surface area contributed by atoms with Crippen molar-refractivity contribution in [1.29, 1.82) is 0 Å². The molecule has 2 rings (SSSR count). The van der Waals surface area contributed by atoms with E-state index in [0.29, 0.717) is 5.92 Å². The second-order valence-electron chi connectivity index (χ2n) is 4.40. The van der Waals surface area contributed by atoms with Crippen LogP contribution in [0.25, 0.3) is 0 Å². The Balaban J connectivity index is 2.31. The van der Waals surface area contributed by atoms with Crippen molar-refractivity contribution in [1.82, 2.24) is 4.98 Å². The normalized spacial score (nSPS) is 16.6. The quantitative estimate of drug-likeness (QED) is 0.671. The molecule has 0 aliphatic heterocycles. The first-order valence-electron chi connectivity index (χ1n) is 5.15. The van der Waals surface area contributed by atoms with Crippen LogP contribution in [0.15, 0.2) is 12.3 Å². The number of nitrogens with zero attached hydrogens (tertiary/aromatic N) is 1. The second kappa shape index (κ2) is 3.13. The van der Waals surface area contributed by atoms with Crippen molar-refractivity contribution in [3.63, 3.8) is 0 Å². The van der Waals surface area contributed by atoms with Crippen LogP contribution < -0.4 is 0 Å². The molecule has 1 heteroatoms. The third kappa shape index (κ3) is 1.74. The SMILES string of the molecule is Cc1cc(C2CC2)cnc1C(C)C. The molecule has 1 fully saturated rings. The molecule has 0 spiro atoms. The molecule has 0 saturated heterocycles. The highest BCUT2D eigenvalue weighted by atomic mass is 14.7. The minimum Gasteiger partial charge on any atom is -0.260 e. The summed E-state index contributed by atoms with van der Waals surface area (Å²) < 4.78 is 0. The van der Waals surface area contributed by atoms with Gasteiger partial charge in [-0.1, -0.05) is 19.9 Å². The number of hydrogen-bond donors (Lipinski definition) is 0. The highest BCUT2D eigenvalue weighted by molar-refractivity contribution is 5.30. The number of pyridine rings is 1. The third-order valence-electron chi connectivity index (χ3n) is 2.74. The zero-order valence-corrected chi connectivity index (χ0v) is 8.67. The van der Waals surface area contributed by atoms with Crippen molar-refractivity contribution < 1.29 is 0 Å². The molecular formula is C12H17N. The van der Waals surface area contributed by atoms with Gasteiger partial charge >= 0.3 is 0 Å². The van der Waals surface area contributed by atoms with Crippen LogP contribution in [0.5, 0.6) is 0 Å². The van der Waals surface area contributed by atoms with E-state index in [4.69, 9.17) is 0 Å². The van der Waals surface area contributed by atoms with E-state index >= 15 is 0 Å². The van der Waals surface area contributed by atoms with E-state index in [1.165, 1.54) is 29.7 Å². The molecule has 0 atom stereocenters. The van der Waals surface area contributed by atoms with Crippen molar-refractivity contribution >= 4 is 0 Å². The van der Waals surface area contributed by atoms with Crippen LogP contribution in [0.1, 0.15) is 55.3 Å². The minimum atomic E-state index is 0.549. The summed E-state index contributed by atoms with van der Waals surface area (Å²) in [4.78, 5) is 4.54. The Labute approximate surface area is 80.2 Å². The minimum absolute atomic E-state index is 0.549. The summed E-state index contributed by atoms with van der Waals surface area (Å²) in [5.41, 5.74) is 4.06. The van der Waals surface area contributed by atoms with Crippen molar-refractivity contribution in [2.45, 2.75) is 45.4 Å². The van der Waals surface area contributed by atoms with Gasteiger partial charge in [0.05, 0.1) is 0 Å². The molecule has 1 aliphatic carbocycles. The molecular weight excluding hydrogens is 158 g/mol. The third-order valence-corrected chi connectivity index (χ3v) is 2.74. The van der Waals surface area contributed by atoms with Crippen molar-refractivity contribution in [3.8, 4) is 0 Å². The van der Waals surface area contributed by atoms with Crippen LogP contribution in [0.3, 0.4) is 0 Å². The summed E-state index contributed by atoms with van der Waals surface area (Å²) >= 11 is 0. The number of aromatic nitrogens is 1. The van der Waals surface area contributed by atoms with Crippen LogP contribution in [0.4, 0.5) is 0 Å². The van der Waals surface area contributed by atoms with Crippen LogP contribution in [0.2, 0.25) is 0 Å². The lowest BCUT2D eigenvalue weighted by atomic mass is 10.0. The van der Waals surface area contributed by atoms with Crippen molar-refractivity contribution in [3.05, 3.63) is 29.1 Å². The van der Waals surface area contributed by atoms with E-state index in [1.807, 2.05) is 0 Å². The largest absolute Gasteiger partial charge is 0.260 e. The topological polar surface area (TPSA) is 12.9 Å². The lowest BCUT2D eigenvalue weighted by molar-refractivity contribution is 0.806. The fourth-order valence-corrected chi connectivity index (χ4v) is 1.85. The van der Waals surface area contributed by atoms with Gasteiger partial charge in [-0.05, 0) is 42.7 Å². The monoisotopic (exact) mass is 175 g/mol. The standard InChI is InChI=1S/C12H17N/c1-8(2)12-9(3)6-11(7-13-12)10-4-5-10/h6-8,10H,4-5H2,1-3H3. The molecule has 13 heavy (non-hydrogen) atoms. The summed E-state index contributed by atoms with van der Waals surface area (Å²) in [5.74, 6) is 1.38. The maximum atomic E-state index is 4.54. The van der Waals surface area contributed by atoms with E-state index in [-0.39, 0.29) is 0 Å². The van der Waals surface area contributed by atoms with Gasteiger partial charge in [0.2, 0.25) is 0 Å². The molecule has 1 saturated carbocycles. The molecule has 70 valence electrons. The summed E-state index contributed by atoms with van der Waals surface area (Å²) in [6, 6.07) is 2.32. The Kier molecular flexibility index (Phi) is 2.10. The first-order chi connectivity index (χ1) is 6.18. The summed E-state index contributed by atoms with van der Waals surface area (Å²) in [5, 5.41) is 0. The van der Waals surface area contributed by atoms with E-state index in [2.05, 4.69) is 38.0 Å². The number of rotatable bonds is 2. The maximum Gasteiger partial charge on any atom is 0.0458 e. The molecule has 0 unspecified atom stereocenters. The smallest absolute Gasteiger partial charge is 0.0458 e. The Bertz CT molecular complexity index is 311. The van der Waals surface area contributed by atoms with E-state index in [0.717, 1.165) is 5.92 Å². The van der Waals surface area contributed by atoms with Gasteiger partial charge in [-0.15, -0.1) is 0 Å². The molecule has 0 aromatic carbocycles. The summed E-state index contributed by atoms with van der Waals surface area (Å²) in [7, 11) is 0. The van der Waals surface area contributed by atoms with Gasteiger partial charge in [0.25, 0.3) is 0 Å². The van der Waals surface area contributed by atoms with E-state index in [1.54, 1.807) is 0 Å². The highest BCUT2D eigenvalue weighted by Gasteiger charge is 2.24. The molecule has 0 amide bonds. The molecule has 1 aromatic rings. The zero-order chi connectivity index (χ0) is 9.42. The predicted octanol–water partition coefficient (Wildman–Crippen LogP) is 3.39. The molecule has 1 heterocycles. The molecule has 0 radical (unpaired) electrons. The predicted molar refractivity (Wildman–Crippen MR) is 55.0 cm³/mol. The average Bonchev–Trinajstić information content (AvgIpc) is 2.85. The molecule has 0 bridgehead atoms. The van der Waals surface area contributed by atoms with Crippen LogP contribution >= 0.6 is 0 Å². The van der Waals surface area contributed by atoms with Crippen LogP contribution in [-0.2, 0) is 0 Å². The van der Waals surface area contributed by atoms with Gasteiger partial charge < -0.3 is 0 Å². The Hall–Kier alpha value is -0.850. The highest BCUT2D eigenvalue weighted by Crippen LogP contribution is 2.40. The van der Waals surface area contributed by atoms with Gasteiger partial charge in [-0.25, -0.2) is 0 Å². The Morgan fingerprint density at radius 3 is 2.54 bits per heavy atom. The van der Waals surface area contributed by atoms with Crippen molar-refractivity contribution in [2.75, 3.05) is 0 Å². The Morgan fingerprint density at radius 1 is 1.38 bits per heavy atom. The van der Waals surface area contributed by atoms with Crippen molar-refractivity contribution in [2.24, 2.45) is 0 Å². The van der Waals surface area contributed by atoms with E-state index in [9.17, 15) is 0 Å². The van der Waals surface area contributed by atoms with Gasteiger partial charge in [-0.3, -0.25) is 4.98 Å². The first kappa shape index (κ1) is 8.74. The Morgan fingerprint density at radius 2 is 2.08 bits per heavy atom. The molecule has 1 aliphatic rings. The van der Waals surface area contributed by atoms with Gasteiger partial charge in [0.1, 0.15) is 0 Å². The number of aryl methyl sites for hydroxylation is 1. The first-order valence-corrected chi connectivity index (χ1v) is 5.15. The van der Waals surface area contributed by atoms with Crippen LogP contribution in [0, 0.1) is 6.92 Å². The summed E-state index contributed by atoms with van der Waals surface area (Å²) in [6.07, 6.45) is 4.80. The van der Waals surface area contributed by atoms with E-state index < -0.39 is 0 Å². The second-order valence-corrected chi connectivity index (χ2v) is 4.40. The average molecular weight is 175 g/mol. The maximum absolute atomic E-state index is 4.54. The summed E-state index contributed by atoms with van der Waals surface area (Å²) in [6.45, 7) is 6.58. The fraction of sp³-hybridized carbons (Fsp3) is 0.583. The van der Waals surface area contributed by atoms with Gasteiger partial charge in [-0.2, -0.15) is 0 Å². The van der Waals surface area contributed by atoms with Gasteiger partial charge in [0.15, 0.2) is 0 Å². The fourth-order valence-electron chi connectivity index (χ4n) is 1.85. The van der Waals surface area contributed by atoms with Gasteiger partial charge in [0, 0.05) is 11.9 Å². The lowest BCUT2D eigenvalue weighted by Crippen LogP contribution is -1.97. The molecule has 1 aromatic heterocycles. The number of hydrogen-bond acceptors (Lipinski definition) is 1.